The molecular weight excluding hydrogens is 394 g/mol. The Morgan fingerprint density at radius 2 is 1.84 bits per heavy atom. The van der Waals surface area contributed by atoms with Crippen molar-refractivity contribution in [2.75, 3.05) is 54.5 Å². The van der Waals surface area contributed by atoms with E-state index in [4.69, 9.17) is 9.47 Å². The van der Waals surface area contributed by atoms with Crippen LogP contribution in [0.1, 0.15) is 48.9 Å². The number of hydrogen-bond donors (Lipinski definition) is 0. The first-order chi connectivity index (χ1) is 14.9. The lowest BCUT2D eigenvalue weighted by Crippen LogP contribution is -2.45. The second-order valence-corrected chi connectivity index (χ2v) is 8.90. The lowest BCUT2D eigenvalue weighted by Gasteiger charge is -2.36. The van der Waals surface area contributed by atoms with E-state index in [9.17, 15) is 9.59 Å². The first kappa shape index (κ1) is 23.4. The van der Waals surface area contributed by atoms with Gasteiger partial charge in [-0.3, -0.25) is 9.59 Å². The van der Waals surface area contributed by atoms with Crippen LogP contribution >= 0.6 is 0 Å². The minimum atomic E-state index is -0.0148. The fourth-order valence-electron chi connectivity index (χ4n) is 4.72. The highest BCUT2D eigenvalue weighted by Crippen LogP contribution is 2.29. The topological polar surface area (TPSA) is 62.3 Å². The zero-order valence-electron chi connectivity index (χ0n) is 19.4. The number of nitrogens with zero attached hydrogens (tertiary/aromatic N) is 3. The van der Waals surface area contributed by atoms with Crippen molar-refractivity contribution in [3.63, 3.8) is 0 Å². The summed E-state index contributed by atoms with van der Waals surface area (Å²) in [7, 11) is 7.24. The van der Waals surface area contributed by atoms with Crippen LogP contribution in [0.3, 0.4) is 0 Å². The molecule has 0 radical (unpaired) electrons. The lowest BCUT2D eigenvalue weighted by atomic mass is 9.92. The first-order valence-corrected chi connectivity index (χ1v) is 11.4. The molecule has 2 aliphatic rings. The van der Waals surface area contributed by atoms with Crippen molar-refractivity contribution in [1.29, 1.82) is 0 Å². The molecule has 0 aromatic heterocycles. The highest BCUT2D eigenvalue weighted by molar-refractivity contribution is 5.97. The molecule has 1 aromatic carbocycles. The van der Waals surface area contributed by atoms with Gasteiger partial charge in [0.25, 0.3) is 5.91 Å². The fourth-order valence-corrected chi connectivity index (χ4v) is 4.72. The van der Waals surface area contributed by atoms with E-state index < -0.39 is 0 Å². The number of carbonyl (C=O) groups is 2. The fraction of sp³-hybridized carbons (Fsp3) is 0.667. The zero-order chi connectivity index (χ0) is 22.4. The Labute approximate surface area is 186 Å². The van der Waals surface area contributed by atoms with E-state index >= 15 is 0 Å². The van der Waals surface area contributed by atoms with Crippen molar-refractivity contribution in [1.82, 2.24) is 14.7 Å². The number of rotatable bonds is 7. The largest absolute Gasteiger partial charge is 0.497 e. The smallest absolute Gasteiger partial charge is 0.257 e. The van der Waals surface area contributed by atoms with Gasteiger partial charge < -0.3 is 24.2 Å². The van der Waals surface area contributed by atoms with Crippen molar-refractivity contribution in [3.05, 3.63) is 23.8 Å². The van der Waals surface area contributed by atoms with E-state index in [1.165, 1.54) is 0 Å². The third-order valence-corrected chi connectivity index (χ3v) is 6.84. The molecule has 1 atom stereocenters. The number of methoxy groups -OCH3 is 2. The average Bonchev–Trinajstić information content (AvgIpc) is 2.81. The first-order valence-electron chi connectivity index (χ1n) is 11.4. The van der Waals surface area contributed by atoms with E-state index in [1.54, 1.807) is 32.4 Å². The van der Waals surface area contributed by atoms with Gasteiger partial charge in [0.15, 0.2) is 0 Å². The lowest BCUT2D eigenvalue weighted by molar-refractivity contribution is -0.133. The van der Waals surface area contributed by atoms with Crippen LogP contribution in [0, 0.1) is 5.92 Å². The highest BCUT2D eigenvalue weighted by Gasteiger charge is 2.28. The summed E-state index contributed by atoms with van der Waals surface area (Å²) in [5.41, 5.74) is 0.557. The number of piperidine rings is 2. The van der Waals surface area contributed by atoms with Crippen molar-refractivity contribution >= 4 is 11.8 Å². The average molecular weight is 432 g/mol. The Balaban J connectivity index is 1.53. The van der Waals surface area contributed by atoms with Crippen LogP contribution in [0.25, 0.3) is 0 Å². The van der Waals surface area contributed by atoms with Crippen LogP contribution in [-0.2, 0) is 4.79 Å². The van der Waals surface area contributed by atoms with Crippen molar-refractivity contribution in [2.24, 2.45) is 5.92 Å². The standard InChI is InChI=1S/C24H37N3O4/c1-25-14-11-19(12-15-25)26(2)23(28)10-7-18-6-5-13-27(17-18)24(29)21-9-8-20(30-3)16-22(21)31-4/h8-9,16,18-19H,5-7,10-15,17H2,1-4H3. The van der Waals surface area contributed by atoms with Crippen LogP contribution in [0.15, 0.2) is 18.2 Å². The summed E-state index contributed by atoms with van der Waals surface area (Å²) in [5, 5.41) is 0. The predicted molar refractivity (Wildman–Crippen MR) is 121 cm³/mol. The van der Waals surface area contributed by atoms with Crippen molar-refractivity contribution in [2.45, 2.75) is 44.6 Å². The van der Waals surface area contributed by atoms with Gasteiger partial charge in [-0.2, -0.15) is 0 Å². The maximum absolute atomic E-state index is 13.1. The Bertz CT molecular complexity index is 761. The van der Waals surface area contributed by atoms with Gasteiger partial charge in [-0.1, -0.05) is 0 Å². The molecule has 0 bridgehead atoms. The maximum Gasteiger partial charge on any atom is 0.257 e. The summed E-state index contributed by atoms with van der Waals surface area (Å²) < 4.78 is 10.6. The number of carbonyl (C=O) groups excluding carboxylic acids is 2. The zero-order valence-corrected chi connectivity index (χ0v) is 19.4. The normalized spacial score (nSPS) is 20.4. The van der Waals surface area contributed by atoms with E-state index in [0.717, 1.165) is 51.7 Å². The molecule has 31 heavy (non-hydrogen) atoms. The molecule has 7 nitrogen and oxygen atoms in total. The van der Waals surface area contributed by atoms with E-state index in [1.807, 2.05) is 16.8 Å². The number of benzene rings is 1. The molecule has 0 saturated carbocycles. The molecule has 1 unspecified atom stereocenters. The Morgan fingerprint density at radius 1 is 1.10 bits per heavy atom. The summed E-state index contributed by atoms with van der Waals surface area (Å²) in [4.78, 5) is 32.1. The Morgan fingerprint density at radius 3 is 2.52 bits per heavy atom. The van der Waals surface area contributed by atoms with Crippen LogP contribution in [0.4, 0.5) is 0 Å². The van der Waals surface area contributed by atoms with Crippen LogP contribution < -0.4 is 9.47 Å². The summed E-state index contributed by atoms with van der Waals surface area (Å²) in [6.07, 6.45) is 5.52. The summed E-state index contributed by atoms with van der Waals surface area (Å²) in [6.45, 7) is 3.54. The van der Waals surface area contributed by atoms with Crippen molar-refractivity contribution < 1.29 is 19.1 Å². The van der Waals surface area contributed by atoms with Gasteiger partial charge >= 0.3 is 0 Å². The third kappa shape index (κ3) is 5.91. The maximum atomic E-state index is 13.1. The summed E-state index contributed by atoms with van der Waals surface area (Å²) in [5.74, 6) is 1.77. The molecule has 2 heterocycles. The number of likely N-dealkylation sites (tertiary alicyclic amines) is 2. The van der Waals surface area contributed by atoms with Gasteiger partial charge in [0.1, 0.15) is 11.5 Å². The predicted octanol–water partition coefficient (Wildman–Crippen LogP) is 2.89. The van der Waals surface area contributed by atoms with Gasteiger partial charge in [0.2, 0.25) is 5.91 Å². The quantitative estimate of drug-likeness (QED) is 0.664. The van der Waals surface area contributed by atoms with Gasteiger partial charge in [-0.05, 0) is 70.3 Å². The third-order valence-electron chi connectivity index (χ3n) is 6.84. The minimum absolute atomic E-state index is 0.0148. The second-order valence-electron chi connectivity index (χ2n) is 8.90. The van der Waals surface area contributed by atoms with E-state index in [-0.39, 0.29) is 11.8 Å². The van der Waals surface area contributed by atoms with Gasteiger partial charge in [-0.15, -0.1) is 0 Å². The molecule has 1 aromatic rings. The summed E-state index contributed by atoms with van der Waals surface area (Å²) >= 11 is 0. The number of ether oxygens (including phenoxy) is 2. The van der Waals surface area contributed by atoms with Crippen LogP contribution in [-0.4, -0.2) is 87.0 Å². The molecule has 2 aliphatic heterocycles. The Hall–Kier alpha value is -2.28. The molecule has 0 aliphatic carbocycles. The monoisotopic (exact) mass is 431 g/mol. The highest BCUT2D eigenvalue weighted by atomic mass is 16.5. The number of hydrogen-bond acceptors (Lipinski definition) is 5. The summed E-state index contributed by atoms with van der Waals surface area (Å²) in [6, 6.07) is 5.65. The van der Waals surface area contributed by atoms with E-state index in [0.29, 0.717) is 42.0 Å². The van der Waals surface area contributed by atoms with Crippen LogP contribution in [0.5, 0.6) is 11.5 Å². The molecule has 0 spiro atoms. The van der Waals surface area contributed by atoms with Gasteiger partial charge in [-0.25, -0.2) is 0 Å². The van der Waals surface area contributed by atoms with Gasteiger partial charge in [0.05, 0.1) is 19.8 Å². The molecular formula is C24H37N3O4. The molecule has 7 heteroatoms. The molecule has 2 saturated heterocycles. The molecule has 0 N–H and O–H groups in total. The molecule has 172 valence electrons. The molecule has 2 amide bonds. The van der Waals surface area contributed by atoms with Crippen molar-refractivity contribution in [3.8, 4) is 11.5 Å². The van der Waals surface area contributed by atoms with Crippen LogP contribution in [0.2, 0.25) is 0 Å². The Kier molecular flexibility index (Phi) is 8.18. The van der Waals surface area contributed by atoms with Gasteiger partial charge in [0, 0.05) is 38.7 Å². The number of amides is 2. The second kappa shape index (κ2) is 10.8. The van der Waals surface area contributed by atoms with E-state index in [2.05, 4.69) is 11.9 Å². The minimum Gasteiger partial charge on any atom is -0.497 e. The molecule has 3 rings (SSSR count). The molecule has 2 fully saturated rings. The SMILES string of the molecule is COc1ccc(C(=O)N2CCCC(CCC(=O)N(C)C3CCN(C)CC3)C2)c(OC)c1.